The normalized spacial score (nSPS) is 28.5. The molecule has 1 saturated carbocycles. The number of allylic oxidation sites excluding steroid dienone is 1. The number of Topliss-reactive ketones (excluding diaryl/α,β-unsaturated/α-hetero) is 4. The van der Waals surface area contributed by atoms with Crippen molar-refractivity contribution in [3.05, 3.63) is 69.8 Å². The summed E-state index contributed by atoms with van der Waals surface area (Å²) in [6.07, 6.45) is 1.54. The van der Waals surface area contributed by atoms with Gasteiger partial charge in [-0.2, -0.15) is 0 Å². The smallest absolute Gasteiger partial charge is 0.206 e. The van der Waals surface area contributed by atoms with Gasteiger partial charge in [0.25, 0.3) is 0 Å². The molecule has 1 fully saturated rings. The third kappa shape index (κ3) is 4.11. The van der Waals surface area contributed by atoms with Crippen LogP contribution >= 0.6 is 0 Å². The highest BCUT2D eigenvalue weighted by molar-refractivity contribution is 6.33. The summed E-state index contributed by atoms with van der Waals surface area (Å²) in [6.45, 7) is 12.4. The lowest BCUT2D eigenvalue weighted by Crippen LogP contribution is -2.70. The van der Waals surface area contributed by atoms with Crippen LogP contribution in [-0.4, -0.2) is 44.1 Å². The van der Waals surface area contributed by atoms with E-state index in [4.69, 9.17) is 0 Å². The maximum absolute atomic E-state index is 14.5. The molecule has 5 rings (SSSR count). The molecule has 0 unspecified atom stereocenters. The first-order valence-corrected chi connectivity index (χ1v) is 15.0. The Morgan fingerprint density at radius 2 is 1.72 bits per heavy atom. The molecule has 0 bridgehead atoms. The van der Waals surface area contributed by atoms with E-state index in [9.17, 15) is 34.5 Å². The van der Waals surface area contributed by atoms with E-state index < -0.39 is 45.5 Å². The zero-order valence-corrected chi connectivity index (χ0v) is 25.9. The summed E-state index contributed by atoms with van der Waals surface area (Å²) in [5.41, 5.74) is -1.87. The molecule has 7 heteroatoms. The van der Waals surface area contributed by atoms with Crippen LogP contribution in [0.15, 0.2) is 53.1 Å². The second-order valence-electron chi connectivity index (χ2n) is 13.5. The van der Waals surface area contributed by atoms with Gasteiger partial charge in [0.05, 0.1) is 11.1 Å². The number of hydrogen-bond donors (Lipinski definition) is 3. The first-order chi connectivity index (χ1) is 20.0. The summed E-state index contributed by atoms with van der Waals surface area (Å²) in [5.74, 6) is -3.66. The van der Waals surface area contributed by atoms with E-state index in [0.717, 1.165) is 12.0 Å². The molecule has 0 spiro atoms. The number of phenolic OH excluding ortho intramolecular Hbond substituents is 1. The number of carbonyl (C=O) groups excluding carboxylic acids is 4. The van der Waals surface area contributed by atoms with Gasteiger partial charge in [-0.1, -0.05) is 64.5 Å². The zero-order chi connectivity index (χ0) is 31.8. The van der Waals surface area contributed by atoms with E-state index in [1.165, 1.54) is 13.0 Å². The number of ketones is 4. The Balaban J connectivity index is 1.76. The first kappa shape index (κ1) is 30.6. The molecule has 3 N–H and O–H groups in total. The topological polar surface area (TPSA) is 129 Å². The lowest BCUT2D eigenvalue weighted by Gasteiger charge is -2.60. The standard InChI is InChI=1S/C36H40O7/c1-8-10-25(38)22-12-9-11-21(15-22)23-13-14-26(39)28-24(23)16-34(6)17-35(7)29(18(2)3)19(4)27(20(5)37)32(41)36(35,43)33(42)30(34)31(28)40/h9,11-15,18,29,39-40,43H,8,10,16-17H2,1-7H3/t29-,34+,35+,36-/m1/s1. The molecule has 0 amide bonds. The van der Waals surface area contributed by atoms with Crippen molar-refractivity contribution >= 4 is 28.9 Å². The Morgan fingerprint density at radius 1 is 1.05 bits per heavy atom. The van der Waals surface area contributed by atoms with E-state index in [0.29, 0.717) is 28.7 Å². The minimum atomic E-state index is -2.57. The summed E-state index contributed by atoms with van der Waals surface area (Å²) in [4.78, 5) is 53.9. The van der Waals surface area contributed by atoms with E-state index in [1.807, 2.05) is 33.8 Å². The lowest BCUT2D eigenvalue weighted by atomic mass is 9.42. The molecule has 4 atom stereocenters. The SMILES string of the molecule is CCCC(=O)c1cccc(-c2ccc(O)c3c2C[C@@]2(C)C[C@@]4(C)[C@H](C(C)C)C(C)=C(C(C)=O)C(=O)[C@@]4(O)C(=O)C2=C3O)c1. The first-order valence-electron chi connectivity index (χ1n) is 15.0. The average molecular weight is 585 g/mol. The highest BCUT2D eigenvalue weighted by Gasteiger charge is 2.72. The number of carbonyl (C=O) groups is 4. The van der Waals surface area contributed by atoms with Crippen molar-refractivity contribution in [3.63, 3.8) is 0 Å². The highest BCUT2D eigenvalue weighted by atomic mass is 16.3. The number of fused-ring (bicyclic) bond motifs is 3. The largest absolute Gasteiger partial charge is 0.507 e. The fourth-order valence-electron chi connectivity index (χ4n) is 8.75. The summed E-state index contributed by atoms with van der Waals surface area (Å²) in [6, 6.07) is 10.4. The molecule has 0 aromatic heterocycles. The van der Waals surface area contributed by atoms with Crippen LogP contribution in [-0.2, 0) is 20.8 Å². The second-order valence-corrected chi connectivity index (χ2v) is 13.5. The van der Waals surface area contributed by atoms with Crippen LogP contribution in [0.5, 0.6) is 5.75 Å². The highest BCUT2D eigenvalue weighted by Crippen LogP contribution is 2.65. The Morgan fingerprint density at radius 3 is 2.33 bits per heavy atom. The number of hydrogen-bond acceptors (Lipinski definition) is 7. The van der Waals surface area contributed by atoms with Crippen molar-refractivity contribution in [3.8, 4) is 16.9 Å². The van der Waals surface area contributed by atoms with Crippen LogP contribution in [0.3, 0.4) is 0 Å². The van der Waals surface area contributed by atoms with Crippen LogP contribution in [0.25, 0.3) is 16.9 Å². The maximum atomic E-state index is 14.5. The van der Waals surface area contributed by atoms with Crippen molar-refractivity contribution in [1.29, 1.82) is 0 Å². The van der Waals surface area contributed by atoms with Gasteiger partial charge in [-0.15, -0.1) is 0 Å². The van der Waals surface area contributed by atoms with Gasteiger partial charge in [0.2, 0.25) is 11.6 Å². The average Bonchev–Trinajstić information content (AvgIpc) is 2.90. The van der Waals surface area contributed by atoms with Gasteiger partial charge in [-0.05, 0) is 73.8 Å². The van der Waals surface area contributed by atoms with Gasteiger partial charge in [-0.25, -0.2) is 0 Å². The van der Waals surface area contributed by atoms with Gasteiger partial charge in [0.15, 0.2) is 17.2 Å². The van der Waals surface area contributed by atoms with Crippen molar-refractivity contribution in [2.75, 3.05) is 0 Å². The van der Waals surface area contributed by atoms with Crippen LogP contribution in [0, 0.1) is 22.7 Å². The minimum Gasteiger partial charge on any atom is -0.507 e. The second kappa shape index (κ2) is 10.1. The Bertz CT molecular complexity index is 1670. The quantitative estimate of drug-likeness (QED) is 0.205. The Labute approximate surface area is 252 Å². The molecule has 0 saturated heterocycles. The third-order valence-corrected chi connectivity index (χ3v) is 10.2. The number of aliphatic hydroxyl groups excluding tert-OH is 1. The van der Waals surface area contributed by atoms with E-state index in [-0.39, 0.29) is 47.0 Å². The van der Waals surface area contributed by atoms with Gasteiger partial charge in [0, 0.05) is 28.4 Å². The van der Waals surface area contributed by atoms with Gasteiger partial charge in [0.1, 0.15) is 11.5 Å². The van der Waals surface area contributed by atoms with E-state index in [1.54, 1.807) is 38.1 Å². The molecule has 43 heavy (non-hydrogen) atoms. The molecule has 2 aromatic rings. The van der Waals surface area contributed by atoms with Crippen molar-refractivity contribution in [2.45, 2.75) is 79.8 Å². The number of aliphatic hydroxyl groups is 2. The number of aromatic hydroxyl groups is 1. The van der Waals surface area contributed by atoms with E-state index >= 15 is 0 Å². The summed E-state index contributed by atoms with van der Waals surface area (Å²) >= 11 is 0. The predicted molar refractivity (Wildman–Crippen MR) is 164 cm³/mol. The third-order valence-electron chi connectivity index (χ3n) is 10.2. The molecular formula is C36H40O7. The molecule has 3 aliphatic carbocycles. The van der Waals surface area contributed by atoms with Crippen molar-refractivity contribution < 1.29 is 34.5 Å². The number of phenols is 1. The number of benzene rings is 2. The minimum absolute atomic E-state index is 0.0223. The van der Waals surface area contributed by atoms with Gasteiger partial charge in [-0.3, -0.25) is 19.2 Å². The molecule has 0 heterocycles. The molecule has 7 nitrogen and oxygen atoms in total. The lowest BCUT2D eigenvalue weighted by molar-refractivity contribution is -0.180. The Hall–Kier alpha value is -3.84. The molecule has 3 aliphatic rings. The van der Waals surface area contributed by atoms with Crippen LogP contribution in [0.1, 0.15) is 89.2 Å². The molecule has 226 valence electrons. The Kier molecular flexibility index (Phi) is 7.20. The predicted octanol–water partition coefficient (Wildman–Crippen LogP) is 6.34. The fraction of sp³-hybridized carbons (Fsp3) is 0.444. The van der Waals surface area contributed by atoms with Gasteiger partial charge >= 0.3 is 0 Å². The summed E-state index contributed by atoms with van der Waals surface area (Å²) < 4.78 is 0. The molecule has 0 aliphatic heterocycles. The van der Waals surface area contributed by atoms with Crippen LogP contribution in [0.2, 0.25) is 0 Å². The molecular weight excluding hydrogens is 544 g/mol. The molecule has 0 radical (unpaired) electrons. The van der Waals surface area contributed by atoms with E-state index in [2.05, 4.69) is 0 Å². The monoisotopic (exact) mass is 584 g/mol. The van der Waals surface area contributed by atoms with Crippen LogP contribution < -0.4 is 0 Å². The fourth-order valence-corrected chi connectivity index (χ4v) is 8.75. The maximum Gasteiger partial charge on any atom is 0.206 e. The van der Waals surface area contributed by atoms with Crippen LogP contribution in [0.4, 0.5) is 0 Å². The van der Waals surface area contributed by atoms with Gasteiger partial charge < -0.3 is 15.3 Å². The summed E-state index contributed by atoms with van der Waals surface area (Å²) in [5, 5.41) is 35.0. The van der Waals surface area contributed by atoms with Crippen molar-refractivity contribution in [2.24, 2.45) is 22.7 Å². The van der Waals surface area contributed by atoms with Crippen molar-refractivity contribution in [1.82, 2.24) is 0 Å². The number of rotatable bonds is 6. The zero-order valence-electron chi connectivity index (χ0n) is 25.9. The summed E-state index contributed by atoms with van der Waals surface area (Å²) in [7, 11) is 0. The molecule has 2 aromatic carbocycles.